The molecule has 3 fully saturated rings. The van der Waals surface area contributed by atoms with Crippen LogP contribution in [0.5, 0.6) is 0 Å². The van der Waals surface area contributed by atoms with Gasteiger partial charge >= 0.3 is 0 Å². The number of aliphatic hydroxyl groups excluding tert-OH is 1. The molecule has 30 heavy (non-hydrogen) atoms. The Hall–Kier alpha value is -1.16. The highest BCUT2D eigenvalue weighted by molar-refractivity contribution is 5.42. The van der Waals surface area contributed by atoms with Crippen LogP contribution in [0.4, 0.5) is 0 Å². The minimum absolute atomic E-state index is 0.0720. The third-order valence-corrected chi connectivity index (χ3v) is 8.08. The predicted octanol–water partition coefficient (Wildman–Crippen LogP) is 5.79. The second kappa shape index (κ2) is 8.07. The highest BCUT2D eigenvalue weighted by Gasteiger charge is 2.58. The van der Waals surface area contributed by atoms with Gasteiger partial charge in [-0.15, -0.1) is 0 Å². The molecule has 0 amide bonds. The number of allylic oxidation sites excluding steroid dienone is 4. The Kier molecular flexibility index (Phi) is 5.93. The summed E-state index contributed by atoms with van der Waals surface area (Å²) in [5, 5.41) is 20.2. The van der Waals surface area contributed by atoms with Crippen molar-refractivity contribution in [2.75, 3.05) is 6.61 Å². The highest BCUT2D eigenvalue weighted by Crippen LogP contribution is 2.63. The molecule has 0 radical (unpaired) electrons. The van der Waals surface area contributed by atoms with E-state index < -0.39 is 5.60 Å². The molecule has 0 bridgehead atoms. The molecule has 3 nitrogen and oxygen atoms in total. The van der Waals surface area contributed by atoms with Gasteiger partial charge in [0.1, 0.15) is 0 Å². The van der Waals surface area contributed by atoms with Crippen molar-refractivity contribution in [3.05, 3.63) is 47.1 Å². The molecule has 0 aliphatic heterocycles. The topological polar surface area (TPSA) is 49.7 Å². The summed E-state index contributed by atoms with van der Waals surface area (Å²) < 4.78 is 6.43. The molecule has 0 aromatic heterocycles. The average Bonchev–Trinajstić information content (AvgIpc) is 3.35. The lowest BCUT2D eigenvalue weighted by molar-refractivity contribution is -0.00837. The monoisotopic (exact) mass is 412 g/mol. The van der Waals surface area contributed by atoms with Crippen molar-refractivity contribution in [3.8, 4) is 0 Å². The molecule has 2 N–H and O–H groups in total. The van der Waals surface area contributed by atoms with Gasteiger partial charge in [-0.25, -0.2) is 0 Å². The second-order valence-corrected chi connectivity index (χ2v) is 10.9. The maximum Gasteiger partial charge on any atom is 0.0899 e. The highest BCUT2D eigenvalue weighted by atomic mass is 16.5. The van der Waals surface area contributed by atoms with E-state index in [0.29, 0.717) is 18.9 Å². The van der Waals surface area contributed by atoms with Crippen LogP contribution in [0.2, 0.25) is 0 Å². The van der Waals surface area contributed by atoms with E-state index in [0.717, 1.165) is 44.1 Å². The van der Waals surface area contributed by atoms with Gasteiger partial charge in [-0.05, 0) is 106 Å². The Morgan fingerprint density at radius 2 is 1.97 bits per heavy atom. The molecule has 2 unspecified atom stereocenters. The Balaban J connectivity index is 1.49. The molecule has 0 heterocycles. The first-order valence-electron chi connectivity index (χ1n) is 12.0. The van der Waals surface area contributed by atoms with Crippen LogP contribution in [0, 0.1) is 11.3 Å². The normalized spacial score (nSPS) is 36.2. The first-order valence-corrected chi connectivity index (χ1v) is 12.0. The van der Waals surface area contributed by atoms with Crippen molar-refractivity contribution in [3.63, 3.8) is 0 Å². The minimum Gasteiger partial charge on any atom is -0.390 e. The molecule has 0 aromatic carbocycles. The number of ether oxygens (including phenoxy) is 1. The number of hydrogen-bond donors (Lipinski definition) is 2. The fourth-order valence-corrected chi connectivity index (χ4v) is 6.06. The second-order valence-electron chi connectivity index (χ2n) is 10.9. The number of hydrogen-bond acceptors (Lipinski definition) is 3. The van der Waals surface area contributed by atoms with E-state index in [4.69, 9.17) is 4.74 Å². The molecular weight excluding hydrogens is 372 g/mol. The van der Waals surface area contributed by atoms with E-state index >= 15 is 0 Å². The minimum atomic E-state index is -0.669. The van der Waals surface area contributed by atoms with Crippen LogP contribution in [0.1, 0.15) is 85.0 Å². The maximum absolute atomic E-state index is 10.1. The summed E-state index contributed by atoms with van der Waals surface area (Å²) in [5.41, 5.74) is 4.69. The fourth-order valence-electron chi connectivity index (χ4n) is 6.06. The molecular formula is C27H40O3. The molecule has 4 aliphatic carbocycles. The molecule has 4 rings (SSSR count). The van der Waals surface area contributed by atoms with E-state index in [2.05, 4.69) is 31.7 Å². The SMILES string of the molecule is C=C1/C(=C\C=C2/CCC[C@]3(C)C(C4(OCCC(C)(C)O)CC4)=CCC23)CCCC1O. The summed E-state index contributed by atoms with van der Waals surface area (Å²) in [6, 6.07) is 0. The number of aliphatic hydroxyl groups is 2. The van der Waals surface area contributed by atoms with E-state index in [9.17, 15) is 10.2 Å². The Morgan fingerprint density at radius 3 is 2.67 bits per heavy atom. The van der Waals surface area contributed by atoms with E-state index in [1.807, 2.05) is 13.8 Å². The number of rotatable bonds is 6. The standard InChI is InChI=1S/C27H40O3/c1-19-20(7-5-9-23(19)28)10-11-21-8-6-14-26(4)22(21)12-13-24(26)27(15-16-27)30-18-17-25(2,3)29/h10-11,13,22-23,28-29H,1,5-9,12,14-18H2,2-4H3/b20-10-,21-11+/t22?,23?,26-/m0/s1. The molecule has 166 valence electrons. The van der Waals surface area contributed by atoms with Gasteiger partial charge in [-0.1, -0.05) is 37.3 Å². The fraction of sp³-hybridized carbons (Fsp3) is 0.704. The van der Waals surface area contributed by atoms with Crippen molar-refractivity contribution in [1.29, 1.82) is 0 Å². The first kappa shape index (κ1) is 22.0. The number of fused-ring (bicyclic) bond motifs is 1. The van der Waals surface area contributed by atoms with Gasteiger partial charge in [0.25, 0.3) is 0 Å². The zero-order chi connectivity index (χ0) is 21.6. The summed E-state index contributed by atoms with van der Waals surface area (Å²) in [5.74, 6) is 0.565. The van der Waals surface area contributed by atoms with Gasteiger partial charge in [0.05, 0.1) is 23.9 Å². The van der Waals surface area contributed by atoms with Crippen molar-refractivity contribution < 1.29 is 14.9 Å². The van der Waals surface area contributed by atoms with Crippen LogP contribution >= 0.6 is 0 Å². The Morgan fingerprint density at radius 1 is 1.20 bits per heavy atom. The zero-order valence-electron chi connectivity index (χ0n) is 19.2. The van der Waals surface area contributed by atoms with Crippen molar-refractivity contribution in [2.24, 2.45) is 11.3 Å². The third kappa shape index (κ3) is 4.26. The molecule has 3 atom stereocenters. The lowest BCUT2D eigenvalue weighted by Gasteiger charge is -2.43. The van der Waals surface area contributed by atoms with Crippen LogP contribution in [-0.4, -0.2) is 34.1 Å². The average molecular weight is 413 g/mol. The largest absolute Gasteiger partial charge is 0.390 e. The van der Waals surface area contributed by atoms with E-state index in [1.165, 1.54) is 30.4 Å². The first-order chi connectivity index (χ1) is 14.1. The third-order valence-electron chi connectivity index (χ3n) is 8.08. The molecule has 0 aromatic rings. The molecule has 0 spiro atoms. The lowest BCUT2D eigenvalue weighted by Crippen LogP contribution is -2.37. The summed E-state index contributed by atoms with van der Waals surface area (Å²) in [6.07, 6.45) is 17.3. The van der Waals surface area contributed by atoms with Crippen LogP contribution in [0.15, 0.2) is 47.1 Å². The van der Waals surface area contributed by atoms with Crippen LogP contribution in [0.3, 0.4) is 0 Å². The van der Waals surface area contributed by atoms with E-state index in [1.54, 1.807) is 5.57 Å². The van der Waals surface area contributed by atoms with Gasteiger partial charge in [0.2, 0.25) is 0 Å². The van der Waals surface area contributed by atoms with Crippen molar-refractivity contribution in [2.45, 2.75) is 102 Å². The van der Waals surface area contributed by atoms with E-state index in [-0.39, 0.29) is 17.1 Å². The smallest absolute Gasteiger partial charge is 0.0899 e. The predicted molar refractivity (Wildman–Crippen MR) is 122 cm³/mol. The van der Waals surface area contributed by atoms with Gasteiger partial charge in [0, 0.05) is 0 Å². The van der Waals surface area contributed by atoms with Gasteiger partial charge < -0.3 is 14.9 Å². The van der Waals surface area contributed by atoms with Crippen LogP contribution < -0.4 is 0 Å². The summed E-state index contributed by atoms with van der Waals surface area (Å²) in [6.45, 7) is 10.9. The van der Waals surface area contributed by atoms with Gasteiger partial charge in [-0.3, -0.25) is 0 Å². The Labute approximate surface area is 182 Å². The summed E-state index contributed by atoms with van der Waals surface area (Å²) >= 11 is 0. The van der Waals surface area contributed by atoms with Crippen LogP contribution in [0.25, 0.3) is 0 Å². The summed E-state index contributed by atoms with van der Waals surface area (Å²) in [7, 11) is 0. The van der Waals surface area contributed by atoms with Gasteiger partial charge in [0.15, 0.2) is 0 Å². The van der Waals surface area contributed by atoms with Crippen molar-refractivity contribution in [1.82, 2.24) is 0 Å². The molecule has 3 saturated carbocycles. The molecule has 4 aliphatic rings. The lowest BCUT2D eigenvalue weighted by atomic mass is 9.63. The summed E-state index contributed by atoms with van der Waals surface area (Å²) in [4.78, 5) is 0. The van der Waals surface area contributed by atoms with Gasteiger partial charge in [-0.2, -0.15) is 0 Å². The molecule has 3 heteroatoms. The van der Waals surface area contributed by atoms with Crippen molar-refractivity contribution >= 4 is 0 Å². The Bertz CT molecular complexity index is 774. The molecule has 0 saturated heterocycles. The van der Waals surface area contributed by atoms with Crippen LogP contribution in [-0.2, 0) is 4.74 Å². The maximum atomic E-state index is 10.1. The zero-order valence-corrected chi connectivity index (χ0v) is 19.2. The quantitative estimate of drug-likeness (QED) is 0.543.